The van der Waals surface area contributed by atoms with Crippen molar-refractivity contribution in [2.75, 3.05) is 7.11 Å². The number of nitrogens with zero attached hydrogens (tertiary/aromatic N) is 1. The molecular weight excluding hydrogens is 274 g/mol. The van der Waals surface area contributed by atoms with Gasteiger partial charge in [0.1, 0.15) is 5.75 Å². The molecule has 0 N–H and O–H groups in total. The minimum atomic E-state index is 0.106. The number of aromatic nitrogens is 1. The molecule has 0 fully saturated rings. The lowest BCUT2D eigenvalue weighted by Gasteiger charge is -2.04. The maximum Gasteiger partial charge on any atom is 0.195 e. The zero-order valence-corrected chi connectivity index (χ0v) is 12.5. The van der Waals surface area contributed by atoms with E-state index in [-0.39, 0.29) is 5.78 Å². The molecule has 4 rings (SSSR count). The van der Waals surface area contributed by atoms with Gasteiger partial charge in [0.25, 0.3) is 0 Å². The number of carbonyl (C=O) groups is 1. The monoisotopic (exact) mass is 291 g/mol. The van der Waals surface area contributed by atoms with Gasteiger partial charge in [-0.3, -0.25) is 4.79 Å². The van der Waals surface area contributed by atoms with Crippen LogP contribution >= 0.6 is 0 Å². The molecule has 1 aliphatic rings. The summed E-state index contributed by atoms with van der Waals surface area (Å²) in [5, 5.41) is 1.00. The Hall–Kier alpha value is -2.55. The van der Waals surface area contributed by atoms with Crippen molar-refractivity contribution in [1.82, 2.24) is 4.57 Å². The lowest BCUT2D eigenvalue weighted by atomic mass is 9.99. The van der Waals surface area contributed by atoms with Crippen molar-refractivity contribution in [3.05, 3.63) is 65.4 Å². The first-order valence-electron chi connectivity index (χ1n) is 7.58. The van der Waals surface area contributed by atoms with Crippen LogP contribution in [0.2, 0.25) is 0 Å². The van der Waals surface area contributed by atoms with Gasteiger partial charge in [-0.2, -0.15) is 0 Å². The van der Waals surface area contributed by atoms with Crippen molar-refractivity contribution in [3.8, 4) is 5.75 Å². The van der Waals surface area contributed by atoms with Crippen LogP contribution in [0.1, 0.15) is 28.0 Å². The summed E-state index contributed by atoms with van der Waals surface area (Å²) in [4.78, 5) is 13.0. The summed E-state index contributed by atoms with van der Waals surface area (Å²) in [7, 11) is 1.66. The summed E-state index contributed by atoms with van der Waals surface area (Å²) in [5.74, 6) is 0.897. The Kier molecular flexibility index (Phi) is 3.00. The van der Waals surface area contributed by atoms with E-state index in [1.54, 1.807) is 7.11 Å². The summed E-state index contributed by atoms with van der Waals surface area (Å²) in [5.41, 5.74) is 3.88. The quantitative estimate of drug-likeness (QED) is 0.687. The predicted octanol–water partition coefficient (Wildman–Crippen LogP) is 3.83. The van der Waals surface area contributed by atoms with Crippen LogP contribution in [0.3, 0.4) is 0 Å². The van der Waals surface area contributed by atoms with Gasteiger partial charge in [-0.25, -0.2) is 0 Å². The Morgan fingerprint density at radius 1 is 1.14 bits per heavy atom. The van der Waals surface area contributed by atoms with Crippen molar-refractivity contribution in [3.63, 3.8) is 0 Å². The second kappa shape index (κ2) is 5.02. The molecule has 22 heavy (non-hydrogen) atoms. The number of carbonyl (C=O) groups excluding carboxylic acids is 1. The molecule has 3 heteroatoms. The Morgan fingerprint density at radius 2 is 1.95 bits per heavy atom. The molecule has 0 spiro atoms. The van der Waals surface area contributed by atoms with E-state index < -0.39 is 0 Å². The lowest BCUT2D eigenvalue weighted by Crippen LogP contribution is -2.04. The first kappa shape index (κ1) is 13.1. The van der Waals surface area contributed by atoms with E-state index in [0.717, 1.165) is 52.9 Å². The second-order valence-electron chi connectivity index (χ2n) is 5.66. The van der Waals surface area contributed by atoms with E-state index in [0.29, 0.717) is 0 Å². The van der Waals surface area contributed by atoms with Crippen molar-refractivity contribution in [2.24, 2.45) is 0 Å². The van der Waals surface area contributed by atoms with E-state index >= 15 is 0 Å². The van der Waals surface area contributed by atoms with E-state index in [2.05, 4.69) is 10.6 Å². The minimum absolute atomic E-state index is 0.106. The van der Waals surface area contributed by atoms with Crippen molar-refractivity contribution in [1.29, 1.82) is 0 Å². The molecular formula is C19H17NO2. The second-order valence-corrected chi connectivity index (χ2v) is 5.66. The number of methoxy groups -OCH3 is 1. The highest BCUT2D eigenvalue weighted by Gasteiger charge is 2.26. The summed E-state index contributed by atoms with van der Waals surface area (Å²) < 4.78 is 7.63. The maximum atomic E-state index is 13.0. The number of hydrogen-bond acceptors (Lipinski definition) is 2. The molecule has 0 saturated heterocycles. The maximum absolute atomic E-state index is 13.0. The summed E-state index contributed by atoms with van der Waals surface area (Å²) in [6.45, 7) is 0.986. The lowest BCUT2D eigenvalue weighted by molar-refractivity contribution is 0.103. The average molecular weight is 291 g/mol. The van der Waals surface area contributed by atoms with Gasteiger partial charge in [-0.05, 0) is 31.0 Å². The Balaban J connectivity index is 1.98. The van der Waals surface area contributed by atoms with Crippen LogP contribution in [-0.2, 0) is 13.0 Å². The zero-order chi connectivity index (χ0) is 15.1. The SMILES string of the molecule is COc1ccc2c(c1)c(C(=O)c1ccccc1)c1n2CCC1. The van der Waals surface area contributed by atoms with Gasteiger partial charge in [-0.1, -0.05) is 30.3 Å². The molecule has 0 bridgehead atoms. The minimum Gasteiger partial charge on any atom is -0.497 e. The third kappa shape index (κ3) is 1.86. The zero-order valence-electron chi connectivity index (χ0n) is 12.5. The fourth-order valence-corrected chi connectivity index (χ4v) is 3.42. The molecule has 2 aromatic carbocycles. The van der Waals surface area contributed by atoms with E-state index in [1.165, 1.54) is 0 Å². The standard InChI is InChI=1S/C19H17NO2/c1-22-14-9-10-16-15(12-14)18(17-8-5-11-20(16)17)19(21)13-6-3-2-4-7-13/h2-4,6-7,9-10,12H,5,8,11H2,1H3. The van der Waals surface area contributed by atoms with Gasteiger partial charge in [0.2, 0.25) is 0 Å². The van der Waals surface area contributed by atoms with E-state index in [9.17, 15) is 4.79 Å². The third-order valence-electron chi connectivity index (χ3n) is 4.44. The highest BCUT2D eigenvalue weighted by atomic mass is 16.5. The molecule has 110 valence electrons. The first-order chi connectivity index (χ1) is 10.8. The van der Waals surface area contributed by atoms with Crippen LogP contribution in [0.15, 0.2) is 48.5 Å². The number of rotatable bonds is 3. The molecule has 0 atom stereocenters. The van der Waals surface area contributed by atoms with E-state index in [4.69, 9.17) is 4.74 Å². The fourth-order valence-electron chi connectivity index (χ4n) is 3.42. The van der Waals surface area contributed by atoms with Gasteiger partial charge in [0.15, 0.2) is 5.78 Å². The topological polar surface area (TPSA) is 31.2 Å². The highest BCUT2D eigenvalue weighted by Crippen LogP contribution is 2.35. The molecule has 1 aliphatic heterocycles. The molecule has 0 amide bonds. The number of benzene rings is 2. The van der Waals surface area contributed by atoms with Crippen molar-refractivity contribution < 1.29 is 9.53 Å². The molecule has 0 radical (unpaired) electrons. The van der Waals surface area contributed by atoms with E-state index in [1.807, 2.05) is 42.5 Å². The molecule has 0 aliphatic carbocycles. The van der Waals surface area contributed by atoms with Crippen molar-refractivity contribution >= 4 is 16.7 Å². The van der Waals surface area contributed by atoms with Crippen LogP contribution in [0.5, 0.6) is 5.75 Å². The number of aryl methyl sites for hydroxylation is 1. The fraction of sp³-hybridized carbons (Fsp3) is 0.211. The van der Waals surface area contributed by atoms with Crippen molar-refractivity contribution in [2.45, 2.75) is 19.4 Å². The van der Waals surface area contributed by atoms with Crippen LogP contribution in [0.25, 0.3) is 10.9 Å². The van der Waals surface area contributed by atoms with Gasteiger partial charge in [0.05, 0.1) is 12.7 Å². The number of fused-ring (bicyclic) bond motifs is 3. The number of ketones is 1. The molecule has 0 saturated carbocycles. The molecule has 1 aromatic heterocycles. The largest absolute Gasteiger partial charge is 0.497 e. The average Bonchev–Trinajstić information content (AvgIpc) is 3.14. The Labute approximate surface area is 129 Å². The smallest absolute Gasteiger partial charge is 0.195 e. The Morgan fingerprint density at radius 3 is 2.73 bits per heavy atom. The van der Waals surface area contributed by atoms with Gasteiger partial charge in [-0.15, -0.1) is 0 Å². The van der Waals surface area contributed by atoms with Crippen LogP contribution in [0, 0.1) is 0 Å². The normalized spacial score (nSPS) is 13.3. The van der Waals surface area contributed by atoms with Crippen LogP contribution in [0.4, 0.5) is 0 Å². The highest BCUT2D eigenvalue weighted by molar-refractivity contribution is 6.17. The van der Waals surface area contributed by atoms with Gasteiger partial charge >= 0.3 is 0 Å². The summed E-state index contributed by atoms with van der Waals surface area (Å²) in [6, 6.07) is 15.5. The van der Waals surface area contributed by atoms with Crippen LogP contribution < -0.4 is 4.74 Å². The molecule has 2 heterocycles. The third-order valence-corrected chi connectivity index (χ3v) is 4.44. The molecule has 3 aromatic rings. The first-order valence-corrected chi connectivity index (χ1v) is 7.58. The molecule has 0 unspecified atom stereocenters. The van der Waals surface area contributed by atoms with Gasteiger partial charge < -0.3 is 9.30 Å². The Bertz CT molecular complexity index is 862. The van der Waals surface area contributed by atoms with Crippen LogP contribution in [-0.4, -0.2) is 17.5 Å². The summed E-state index contributed by atoms with van der Waals surface area (Å²) in [6.07, 6.45) is 2.07. The predicted molar refractivity (Wildman–Crippen MR) is 86.7 cm³/mol. The summed E-state index contributed by atoms with van der Waals surface area (Å²) >= 11 is 0. The van der Waals surface area contributed by atoms with Gasteiger partial charge in [0, 0.05) is 28.7 Å². The number of ether oxygens (including phenoxy) is 1. The number of hydrogen-bond donors (Lipinski definition) is 0. The molecule has 3 nitrogen and oxygen atoms in total.